The Labute approximate surface area is 130 Å². The lowest BCUT2D eigenvalue weighted by molar-refractivity contribution is 0.288. The first-order valence-electron chi connectivity index (χ1n) is 7.43. The third-order valence-electron chi connectivity index (χ3n) is 4.05. The largest absolute Gasteiger partial charge is 0.312 e. The highest BCUT2D eigenvalue weighted by molar-refractivity contribution is 9.11. The van der Waals surface area contributed by atoms with Crippen LogP contribution < -0.4 is 5.32 Å². The average Bonchev–Trinajstić information content (AvgIpc) is 2.94. The molecule has 0 aromatic carbocycles. The summed E-state index contributed by atoms with van der Waals surface area (Å²) in [6.45, 7) is 7.95. The zero-order chi connectivity index (χ0) is 13.9. The van der Waals surface area contributed by atoms with Crippen molar-refractivity contribution in [2.24, 2.45) is 11.8 Å². The first kappa shape index (κ1) is 15.5. The molecule has 0 aliphatic heterocycles. The molecule has 1 saturated carbocycles. The lowest BCUT2D eigenvalue weighted by Gasteiger charge is -2.28. The van der Waals surface area contributed by atoms with Crippen molar-refractivity contribution in [1.29, 1.82) is 0 Å². The molecule has 0 amide bonds. The van der Waals surface area contributed by atoms with Gasteiger partial charge in [-0.1, -0.05) is 25.7 Å². The number of thiophene rings is 1. The fraction of sp³-hybridized carbons (Fsp3) is 0.750. The molecule has 0 spiro atoms. The van der Waals surface area contributed by atoms with Gasteiger partial charge in [0.25, 0.3) is 0 Å². The summed E-state index contributed by atoms with van der Waals surface area (Å²) in [5.41, 5.74) is 0.229. The van der Waals surface area contributed by atoms with Gasteiger partial charge in [-0.25, -0.2) is 0 Å². The van der Waals surface area contributed by atoms with Crippen LogP contribution in [-0.4, -0.2) is 12.1 Å². The Morgan fingerprint density at radius 3 is 2.53 bits per heavy atom. The molecule has 3 heteroatoms. The van der Waals surface area contributed by atoms with Gasteiger partial charge in [-0.3, -0.25) is 0 Å². The number of rotatable bonds is 5. The fourth-order valence-electron chi connectivity index (χ4n) is 2.99. The predicted molar refractivity (Wildman–Crippen MR) is 88.9 cm³/mol. The highest BCUT2D eigenvalue weighted by atomic mass is 79.9. The van der Waals surface area contributed by atoms with Gasteiger partial charge in [0.1, 0.15) is 0 Å². The summed E-state index contributed by atoms with van der Waals surface area (Å²) in [6.07, 6.45) is 6.98. The molecule has 108 valence electrons. The van der Waals surface area contributed by atoms with E-state index in [0.717, 1.165) is 18.4 Å². The second kappa shape index (κ2) is 6.73. The summed E-state index contributed by atoms with van der Waals surface area (Å²) in [4.78, 5) is 1.53. The number of nitrogens with one attached hydrogen (secondary N) is 1. The van der Waals surface area contributed by atoms with E-state index in [2.05, 4.69) is 54.2 Å². The summed E-state index contributed by atoms with van der Waals surface area (Å²) >= 11 is 5.48. The second-order valence-electron chi connectivity index (χ2n) is 6.85. The Kier molecular flexibility index (Phi) is 5.50. The Bertz CT molecular complexity index is 388. The van der Waals surface area contributed by atoms with Gasteiger partial charge in [-0.15, -0.1) is 11.3 Å². The van der Waals surface area contributed by atoms with Crippen molar-refractivity contribution in [3.63, 3.8) is 0 Å². The minimum absolute atomic E-state index is 0.229. The van der Waals surface area contributed by atoms with E-state index in [1.54, 1.807) is 0 Å². The first-order chi connectivity index (χ1) is 8.94. The maximum absolute atomic E-state index is 3.72. The van der Waals surface area contributed by atoms with E-state index in [4.69, 9.17) is 0 Å². The molecule has 1 atom stereocenters. The van der Waals surface area contributed by atoms with Crippen LogP contribution in [0.25, 0.3) is 0 Å². The summed E-state index contributed by atoms with van der Waals surface area (Å²) < 4.78 is 1.26. The number of hydrogen-bond acceptors (Lipinski definition) is 2. The quantitative estimate of drug-likeness (QED) is 0.769. The lowest BCUT2D eigenvalue weighted by Crippen LogP contribution is -2.41. The standard InChI is InChI=1S/C16H26BrNS/c1-16(2,3)18-11-13(12-6-4-5-7-12)10-14-8-9-15(17)19-14/h8-9,12-13,18H,4-7,10-11H2,1-3H3. The van der Waals surface area contributed by atoms with Gasteiger partial charge in [0.05, 0.1) is 3.79 Å². The third kappa shape index (κ3) is 5.20. The molecule has 0 bridgehead atoms. The fourth-order valence-corrected chi connectivity index (χ4v) is 4.57. The van der Waals surface area contributed by atoms with Gasteiger partial charge in [0.15, 0.2) is 0 Å². The first-order valence-corrected chi connectivity index (χ1v) is 9.04. The van der Waals surface area contributed by atoms with Crippen molar-refractivity contribution in [3.05, 3.63) is 20.8 Å². The minimum atomic E-state index is 0.229. The highest BCUT2D eigenvalue weighted by Gasteiger charge is 2.26. The molecule has 19 heavy (non-hydrogen) atoms. The lowest BCUT2D eigenvalue weighted by atomic mass is 9.87. The molecule has 1 fully saturated rings. The van der Waals surface area contributed by atoms with E-state index in [9.17, 15) is 0 Å². The van der Waals surface area contributed by atoms with Gasteiger partial charge in [0, 0.05) is 10.4 Å². The molecule has 1 N–H and O–H groups in total. The van der Waals surface area contributed by atoms with Crippen molar-refractivity contribution in [1.82, 2.24) is 5.32 Å². The SMILES string of the molecule is CC(C)(C)NCC(Cc1ccc(Br)s1)C1CCCC1. The van der Waals surface area contributed by atoms with Crippen LogP contribution in [-0.2, 0) is 6.42 Å². The van der Waals surface area contributed by atoms with Crippen LogP contribution in [0.3, 0.4) is 0 Å². The molecule has 1 unspecified atom stereocenters. The molecular weight excluding hydrogens is 318 g/mol. The summed E-state index contributed by atoms with van der Waals surface area (Å²) in [5, 5.41) is 3.72. The van der Waals surface area contributed by atoms with Crippen molar-refractivity contribution in [2.45, 2.75) is 58.4 Å². The van der Waals surface area contributed by atoms with Crippen LogP contribution in [0.4, 0.5) is 0 Å². The van der Waals surface area contributed by atoms with E-state index in [0.29, 0.717) is 0 Å². The maximum Gasteiger partial charge on any atom is 0.0701 e. The zero-order valence-corrected chi connectivity index (χ0v) is 14.7. The predicted octanol–water partition coefficient (Wildman–Crippen LogP) is 5.25. The molecule has 0 saturated heterocycles. The molecule has 0 radical (unpaired) electrons. The highest BCUT2D eigenvalue weighted by Crippen LogP contribution is 2.35. The van der Waals surface area contributed by atoms with Crippen molar-refractivity contribution >= 4 is 27.3 Å². The summed E-state index contributed by atoms with van der Waals surface area (Å²) in [6, 6.07) is 4.47. The van der Waals surface area contributed by atoms with E-state index >= 15 is 0 Å². The molecule has 1 aromatic rings. The van der Waals surface area contributed by atoms with Gasteiger partial charge < -0.3 is 5.32 Å². The molecule has 1 aliphatic carbocycles. The molecule has 1 aliphatic rings. The Hall–Kier alpha value is 0.140. The monoisotopic (exact) mass is 343 g/mol. The maximum atomic E-state index is 3.72. The van der Waals surface area contributed by atoms with Gasteiger partial charge in [-0.05, 0) is 73.6 Å². The zero-order valence-electron chi connectivity index (χ0n) is 12.3. The van der Waals surface area contributed by atoms with E-state index in [-0.39, 0.29) is 5.54 Å². The molecule has 1 aromatic heterocycles. The molecular formula is C16H26BrNS. The Morgan fingerprint density at radius 2 is 2.00 bits per heavy atom. The van der Waals surface area contributed by atoms with Crippen LogP contribution in [0, 0.1) is 11.8 Å². The number of hydrogen-bond donors (Lipinski definition) is 1. The summed E-state index contributed by atoms with van der Waals surface area (Å²) in [5.74, 6) is 1.73. The van der Waals surface area contributed by atoms with Gasteiger partial charge in [0.2, 0.25) is 0 Å². The Morgan fingerprint density at radius 1 is 1.32 bits per heavy atom. The summed E-state index contributed by atoms with van der Waals surface area (Å²) in [7, 11) is 0. The topological polar surface area (TPSA) is 12.0 Å². The van der Waals surface area contributed by atoms with Crippen LogP contribution in [0.15, 0.2) is 15.9 Å². The molecule has 1 nitrogen and oxygen atoms in total. The van der Waals surface area contributed by atoms with Crippen molar-refractivity contribution in [3.8, 4) is 0 Å². The van der Waals surface area contributed by atoms with E-state index in [1.165, 1.54) is 40.8 Å². The van der Waals surface area contributed by atoms with Gasteiger partial charge in [-0.2, -0.15) is 0 Å². The van der Waals surface area contributed by atoms with Crippen LogP contribution >= 0.6 is 27.3 Å². The van der Waals surface area contributed by atoms with Crippen LogP contribution in [0.5, 0.6) is 0 Å². The van der Waals surface area contributed by atoms with Crippen molar-refractivity contribution < 1.29 is 0 Å². The van der Waals surface area contributed by atoms with Crippen LogP contribution in [0.1, 0.15) is 51.3 Å². The van der Waals surface area contributed by atoms with Crippen molar-refractivity contribution in [2.75, 3.05) is 6.54 Å². The van der Waals surface area contributed by atoms with E-state index in [1.807, 2.05) is 11.3 Å². The molecule has 1 heterocycles. The van der Waals surface area contributed by atoms with Crippen LogP contribution in [0.2, 0.25) is 0 Å². The molecule has 2 rings (SSSR count). The average molecular weight is 344 g/mol. The normalized spacial score (nSPS) is 18.9. The second-order valence-corrected chi connectivity index (χ2v) is 9.39. The minimum Gasteiger partial charge on any atom is -0.312 e. The smallest absolute Gasteiger partial charge is 0.0701 e. The van der Waals surface area contributed by atoms with E-state index < -0.39 is 0 Å². The van der Waals surface area contributed by atoms with Gasteiger partial charge >= 0.3 is 0 Å². The third-order valence-corrected chi connectivity index (χ3v) is 5.70. The number of halogens is 1. The Balaban J connectivity index is 1.97.